The molecule has 0 unspecified atom stereocenters. The summed E-state index contributed by atoms with van der Waals surface area (Å²) in [6, 6.07) is 15.2. The van der Waals surface area contributed by atoms with Gasteiger partial charge in [0.25, 0.3) is 0 Å². The highest BCUT2D eigenvalue weighted by atomic mass is 16.4. The molecule has 0 saturated carbocycles. The molecule has 0 radical (unpaired) electrons. The number of nitrogens with two attached hydrogens (primary N) is 1. The molecule has 2 heterocycles. The Hall–Kier alpha value is -4.27. The highest BCUT2D eigenvalue weighted by Gasteiger charge is 2.20. The summed E-state index contributed by atoms with van der Waals surface area (Å²) in [5.74, 6) is -0.458. The van der Waals surface area contributed by atoms with E-state index in [0.717, 1.165) is 48.3 Å². The van der Waals surface area contributed by atoms with E-state index in [9.17, 15) is 9.59 Å². The number of amidine groups is 1. The lowest BCUT2D eigenvalue weighted by molar-refractivity contribution is -0.117. The van der Waals surface area contributed by atoms with E-state index in [1.807, 2.05) is 36.4 Å². The summed E-state index contributed by atoms with van der Waals surface area (Å²) in [5, 5.41) is 19.7. The standard InChI is InChI=1S/C27H30N6O3/c28-25(29)15-24(34)9-4-18-2-1-3-20(14-18)21-16-30-27(31-17-21)32-22-10-12-33(13-11-22)23-7-5-19(6-8-23)26(35)36/h1-3,5-8,14,16-17,22H,4,9-13,15H2,(H3,28,29)(H,35,36)(H,30,31,32). The van der Waals surface area contributed by atoms with Crippen LogP contribution < -0.4 is 16.0 Å². The minimum Gasteiger partial charge on any atom is -0.478 e. The molecule has 2 aromatic carbocycles. The average molecular weight is 487 g/mol. The summed E-state index contributed by atoms with van der Waals surface area (Å²) in [6.45, 7) is 1.73. The normalized spacial score (nSPS) is 13.8. The van der Waals surface area contributed by atoms with Crippen molar-refractivity contribution < 1.29 is 14.7 Å². The number of aryl methyl sites for hydroxylation is 1. The van der Waals surface area contributed by atoms with Gasteiger partial charge < -0.3 is 21.1 Å². The number of benzene rings is 2. The summed E-state index contributed by atoms with van der Waals surface area (Å²) in [7, 11) is 0. The zero-order valence-electron chi connectivity index (χ0n) is 20.0. The Morgan fingerprint density at radius 2 is 1.75 bits per heavy atom. The Labute approximate surface area is 209 Å². The highest BCUT2D eigenvalue weighted by molar-refractivity contribution is 5.98. The lowest BCUT2D eigenvalue weighted by atomic mass is 10.0. The number of rotatable bonds is 10. The molecule has 0 bridgehead atoms. The fourth-order valence-corrected chi connectivity index (χ4v) is 4.32. The number of carbonyl (C=O) groups excluding carboxylic acids is 1. The van der Waals surface area contributed by atoms with Crippen LogP contribution in [0.3, 0.4) is 0 Å². The number of hydrogen-bond acceptors (Lipinski definition) is 7. The zero-order valence-corrected chi connectivity index (χ0v) is 20.0. The second kappa shape index (κ2) is 11.4. The molecule has 1 fully saturated rings. The van der Waals surface area contributed by atoms with Crippen molar-refractivity contribution in [3.05, 3.63) is 72.1 Å². The smallest absolute Gasteiger partial charge is 0.335 e. The first-order valence-electron chi connectivity index (χ1n) is 12.0. The monoisotopic (exact) mass is 486 g/mol. The molecule has 1 saturated heterocycles. The molecule has 1 aromatic heterocycles. The first kappa shape index (κ1) is 24.8. The molecule has 4 rings (SSSR count). The lowest BCUT2D eigenvalue weighted by Gasteiger charge is -2.34. The summed E-state index contributed by atoms with van der Waals surface area (Å²) in [5.41, 5.74) is 9.55. The molecule has 1 aliphatic rings. The molecule has 0 aliphatic carbocycles. The Kier molecular flexibility index (Phi) is 7.89. The Bertz CT molecular complexity index is 1220. The third-order valence-electron chi connectivity index (χ3n) is 6.30. The molecule has 0 atom stereocenters. The molecular formula is C27H30N6O3. The fraction of sp³-hybridized carbons (Fsp3) is 0.296. The van der Waals surface area contributed by atoms with E-state index in [2.05, 4.69) is 20.2 Å². The number of piperidine rings is 1. The van der Waals surface area contributed by atoms with Crippen molar-refractivity contribution in [2.75, 3.05) is 23.3 Å². The van der Waals surface area contributed by atoms with E-state index in [4.69, 9.17) is 16.2 Å². The van der Waals surface area contributed by atoms with Crippen LogP contribution in [0.25, 0.3) is 11.1 Å². The van der Waals surface area contributed by atoms with Gasteiger partial charge in [-0.1, -0.05) is 24.3 Å². The van der Waals surface area contributed by atoms with Crippen LogP contribution in [0.4, 0.5) is 11.6 Å². The van der Waals surface area contributed by atoms with Crippen molar-refractivity contribution in [3.8, 4) is 11.1 Å². The van der Waals surface area contributed by atoms with Crippen molar-refractivity contribution in [2.45, 2.75) is 38.1 Å². The van der Waals surface area contributed by atoms with Gasteiger partial charge in [0.2, 0.25) is 5.95 Å². The number of hydrogen-bond donors (Lipinski definition) is 4. The van der Waals surface area contributed by atoms with Gasteiger partial charge in [-0.15, -0.1) is 0 Å². The second-order valence-corrected chi connectivity index (χ2v) is 8.99. The Balaban J connectivity index is 1.29. The quantitative estimate of drug-likeness (QED) is 0.250. The first-order chi connectivity index (χ1) is 17.4. The summed E-state index contributed by atoms with van der Waals surface area (Å²) in [6.07, 6.45) is 6.41. The maximum atomic E-state index is 11.8. The predicted molar refractivity (Wildman–Crippen MR) is 140 cm³/mol. The Morgan fingerprint density at radius 3 is 2.39 bits per heavy atom. The third-order valence-corrected chi connectivity index (χ3v) is 6.30. The van der Waals surface area contributed by atoms with E-state index in [1.54, 1.807) is 24.5 Å². The van der Waals surface area contributed by atoms with Crippen molar-refractivity contribution in [2.24, 2.45) is 5.73 Å². The largest absolute Gasteiger partial charge is 0.478 e. The maximum Gasteiger partial charge on any atom is 0.335 e. The van der Waals surface area contributed by atoms with Gasteiger partial charge in [-0.25, -0.2) is 14.8 Å². The summed E-state index contributed by atoms with van der Waals surface area (Å²) in [4.78, 5) is 34.2. The predicted octanol–water partition coefficient (Wildman–Crippen LogP) is 3.75. The van der Waals surface area contributed by atoms with E-state index >= 15 is 0 Å². The Morgan fingerprint density at radius 1 is 1.06 bits per heavy atom. The fourth-order valence-electron chi connectivity index (χ4n) is 4.32. The van der Waals surface area contributed by atoms with E-state index in [1.165, 1.54) is 0 Å². The summed E-state index contributed by atoms with van der Waals surface area (Å²) >= 11 is 0. The average Bonchev–Trinajstić information content (AvgIpc) is 2.88. The van der Waals surface area contributed by atoms with Crippen molar-refractivity contribution in [1.82, 2.24) is 9.97 Å². The van der Waals surface area contributed by atoms with Gasteiger partial charge in [0.15, 0.2) is 0 Å². The van der Waals surface area contributed by atoms with E-state index in [0.29, 0.717) is 24.4 Å². The molecule has 186 valence electrons. The number of Topliss-reactive ketones (excluding diaryl/α,β-unsaturated/α-hetero) is 1. The third kappa shape index (κ3) is 6.65. The van der Waals surface area contributed by atoms with Crippen LogP contribution in [-0.2, 0) is 11.2 Å². The topological polar surface area (TPSA) is 145 Å². The summed E-state index contributed by atoms with van der Waals surface area (Å²) < 4.78 is 0. The number of carboxylic acids is 1. The molecular weight excluding hydrogens is 456 g/mol. The maximum absolute atomic E-state index is 11.8. The van der Waals surface area contributed by atoms with Crippen molar-refractivity contribution >= 4 is 29.2 Å². The van der Waals surface area contributed by atoms with Gasteiger partial charge in [-0.2, -0.15) is 0 Å². The lowest BCUT2D eigenvalue weighted by Crippen LogP contribution is -2.39. The number of nitrogens with zero attached hydrogens (tertiary/aromatic N) is 3. The van der Waals surface area contributed by atoms with Gasteiger partial charge in [0.05, 0.1) is 17.8 Å². The highest BCUT2D eigenvalue weighted by Crippen LogP contribution is 2.23. The molecule has 0 spiro atoms. The van der Waals surface area contributed by atoms with Gasteiger partial charge in [0, 0.05) is 49.2 Å². The minimum absolute atomic E-state index is 0.000899. The van der Waals surface area contributed by atoms with Crippen LogP contribution >= 0.6 is 0 Å². The van der Waals surface area contributed by atoms with Gasteiger partial charge in [0.1, 0.15) is 5.78 Å². The number of aromatic nitrogens is 2. The molecule has 0 amide bonds. The second-order valence-electron chi connectivity index (χ2n) is 8.99. The number of nitrogens with one attached hydrogen (secondary N) is 2. The van der Waals surface area contributed by atoms with Crippen LogP contribution in [0.5, 0.6) is 0 Å². The molecule has 5 N–H and O–H groups in total. The van der Waals surface area contributed by atoms with Crippen molar-refractivity contribution in [3.63, 3.8) is 0 Å². The SMILES string of the molecule is N=C(N)CC(=O)CCc1cccc(-c2cnc(NC3CCN(c4ccc(C(=O)O)cc4)CC3)nc2)c1. The van der Waals surface area contributed by atoms with E-state index in [-0.39, 0.29) is 24.1 Å². The van der Waals surface area contributed by atoms with Crippen molar-refractivity contribution in [1.29, 1.82) is 5.41 Å². The molecule has 3 aromatic rings. The first-order valence-corrected chi connectivity index (χ1v) is 12.0. The van der Waals surface area contributed by atoms with Crippen LogP contribution in [0.15, 0.2) is 60.9 Å². The van der Waals surface area contributed by atoms with Gasteiger partial charge in [-0.05, 0) is 54.7 Å². The number of carbonyl (C=O) groups is 2. The van der Waals surface area contributed by atoms with Crippen LogP contribution in [0.2, 0.25) is 0 Å². The van der Waals surface area contributed by atoms with Gasteiger partial charge >= 0.3 is 5.97 Å². The molecule has 1 aliphatic heterocycles. The molecule has 9 nitrogen and oxygen atoms in total. The number of anilines is 2. The van der Waals surface area contributed by atoms with Gasteiger partial charge in [-0.3, -0.25) is 10.2 Å². The van der Waals surface area contributed by atoms with Crippen LogP contribution in [0.1, 0.15) is 41.6 Å². The number of ketones is 1. The zero-order chi connectivity index (χ0) is 25.5. The van der Waals surface area contributed by atoms with E-state index < -0.39 is 5.97 Å². The molecule has 9 heteroatoms. The van der Waals surface area contributed by atoms with Crippen LogP contribution in [0, 0.1) is 5.41 Å². The minimum atomic E-state index is -0.916. The van der Waals surface area contributed by atoms with Crippen LogP contribution in [-0.4, -0.2) is 51.8 Å². The number of carboxylic acid groups (broad SMARTS) is 1. The number of aromatic carboxylic acids is 1. The molecule has 36 heavy (non-hydrogen) atoms.